The Morgan fingerprint density at radius 3 is 2.42 bits per heavy atom. The number of carbonyl (C=O) groups is 2. The normalized spacial score (nSPS) is 28.3. The maximum atomic E-state index is 11.7. The van der Waals surface area contributed by atoms with Crippen LogP contribution in [0.15, 0.2) is 0 Å². The van der Waals surface area contributed by atoms with E-state index in [9.17, 15) is 9.59 Å². The number of amides is 2. The number of carbonyl (C=O) groups excluding carboxylic acids is 2. The minimum atomic E-state index is -0.537. The van der Waals surface area contributed by atoms with Crippen LogP contribution in [0.3, 0.4) is 0 Å². The van der Waals surface area contributed by atoms with E-state index in [-0.39, 0.29) is 11.9 Å². The fourth-order valence-electron chi connectivity index (χ4n) is 2.88. The van der Waals surface area contributed by atoms with Crippen molar-refractivity contribution in [1.82, 2.24) is 10.6 Å². The molecule has 1 heterocycles. The highest BCUT2D eigenvalue weighted by molar-refractivity contribution is 5.92. The second kappa shape index (κ2) is 5.39. The number of rotatable bonds is 2. The average Bonchev–Trinajstić information content (AvgIpc) is 2.32. The number of nitrogens with one attached hydrogen (secondary N) is 2. The molecule has 0 aromatic carbocycles. The van der Waals surface area contributed by atoms with Gasteiger partial charge in [-0.15, -0.1) is 0 Å². The van der Waals surface area contributed by atoms with Crippen LogP contribution in [0.5, 0.6) is 0 Å². The molecule has 0 aromatic rings. The first kappa shape index (κ1) is 14.2. The molecule has 1 saturated heterocycles. The lowest BCUT2D eigenvalue weighted by Crippen LogP contribution is -2.71. The molecule has 0 bridgehead atoms. The van der Waals surface area contributed by atoms with Crippen LogP contribution in [-0.2, 0) is 9.53 Å². The standard InChI is InChI=1S/C14H24N2O3/c1-14(2,3)19-13(18)16-11-10(15-12(11)17)9-7-5-4-6-8-9/h9-11H,4-8H2,1-3H3,(H,15,17)(H,16,18)/t10-,11-/m0/s1. The van der Waals surface area contributed by atoms with E-state index in [1.807, 2.05) is 20.8 Å². The number of ether oxygens (including phenoxy) is 1. The molecule has 2 atom stereocenters. The van der Waals surface area contributed by atoms with Crippen molar-refractivity contribution in [3.63, 3.8) is 0 Å². The highest BCUT2D eigenvalue weighted by atomic mass is 16.6. The molecule has 2 rings (SSSR count). The maximum Gasteiger partial charge on any atom is 0.408 e. The van der Waals surface area contributed by atoms with E-state index in [2.05, 4.69) is 10.6 Å². The van der Waals surface area contributed by atoms with E-state index in [4.69, 9.17) is 4.74 Å². The predicted molar refractivity (Wildman–Crippen MR) is 71.7 cm³/mol. The van der Waals surface area contributed by atoms with Crippen LogP contribution >= 0.6 is 0 Å². The van der Waals surface area contributed by atoms with Crippen molar-refractivity contribution in [1.29, 1.82) is 0 Å². The lowest BCUT2D eigenvalue weighted by molar-refractivity contribution is -0.133. The second-order valence-electron chi connectivity index (χ2n) is 6.56. The van der Waals surface area contributed by atoms with E-state index in [0.29, 0.717) is 5.92 Å². The Balaban J connectivity index is 1.87. The zero-order chi connectivity index (χ0) is 14.0. The summed E-state index contributed by atoms with van der Waals surface area (Å²) in [7, 11) is 0. The molecule has 2 amide bonds. The van der Waals surface area contributed by atoms with Gasteiger partial charge in [-0.05, 0) is 39.5 Å². The molecule has 1 aliphatic heterocycles. The zero-order valence-electron chi connectivity index (χ0n) is 12.0. The van der Waals surface area contributed by atoms with Gasteiger partial charge in [-0.25, -0.2) is 4.79 Å². The van der Waals surface area contributed by atoms with Crippen molar-refractivity contribution in [2.24, 2.45) is 5.92 Å². The summed E-state index contributed by atoms with van der Waals surface area (Å²) in [5.74, 6) is 0.396. The molecular formula is C14H24N2O3. The molecule has 5 nitrogen and oxygen atoms in total. The maximum absolute atomic E-state index is 11.7. The largest absolute Gasteiger partial charge is 0.444 e. The predicted octanol–water partition coefficient (Wildman–Crippen LogP) is 1.96. The molecule has 19 heavy (non-hydrogen) atoms. The van der Waals surface area contributed by atoms with Crippen LogP contribution in [0, 0.1) is 5.92 Å². The molecule has 2 N–H and O–H groups in total. The van der Waals surface area contributed by atoms with Gasteiger partial charge in [0.15, 0.2) is 0 Å². The quantitative estimate of drug-likeness (QED) is 0.752. The lowest BCUT2D eigenvalue weighted by atomic mass is 9.77. The molecule has 2 fully saturated rings. The topological polar surface area (TPSA) is 67.4 Å². The van der Waals surface area contributed by atoms with E-state index in [0.717, 1.165) is 12.8 Å². The molecular weight excluding hydrogens is 244 g/mol. The smallest absolute Gasteiger partial charge is 0.408 e. The van der Waals surface area contributed by atoms with Crippen LogP contribution in [0.1, 0.15) is 52.9 Å². The van der Waals surface area contributed by atoms with Crippen molar-refractivity contribution >= 4 is 12.0 Å². The molecule has 108 valence electrons. The Morgan fingerprint density at radius 1 is 1.26 bits per heavy atom. The third kappa shape index (κ3) is 3.61. The Kier molecular flexibility index (Phi) is 4.02. The summed E-state index contributed by atoms with van der Waals surface area (Å²) in [5, 5.41) is 5.62. The van der Waals surface area contributed by atoms with Crippen molar-refractivity contribution in [3.05, 3.63) is 0 Å². The van der Waals surface area contributed by atoms with Crippen LogP contribution in [0.25, 0.3) is 0 Å². The Hall–Kier alpha value is -1.26. The highest BCUT2D eigenvalue weighted by Gasteiger charge is 2.45. The van der Waals surface area contributed by atoms with E-state index in [1.165, 1.54) is 19.3 Å². The molecule has 0 unspecified atom stereocenters. The van der Waals surface area contributed by atoms with Crippen molar-refractivity contribution in [3.8, 4) is 0 Å². The van der Waals surface area contributed by atoms with Gasteiger partial charge in [0.2, 0.25) is 5.91 Å². The summed E-state index contributed by atoms with van der Waals surface area (Å²) in [5.41, 5.74) is -0.537. The minimum Gasteiger partial charge on any atom is -0.444 e. The Bertz CT molecular complexity index is 356. The molecule has 1 saturated carbocycles. The molecule has 0 aromatic heterocycles. The molecule has 0 spiro atoms. The first-order chi connectivity index (χ1) is 8.87. The molecule has 5 heteroatoms. The van der Waals surface area contributed by atoms with E-state index < -0.39 is 17.7 Å². The van der Waals surface area contributed by atoms with Crippen LogP contribution < -0.4 is 10.6 Å². The molecule has 2 aliphatic rings. The van der Waals surface area contributed by atoms with Crippen molar-refractivity contribution in [2.45, 2.75) is 70.6 Å². The van der Waals surface area contributed by atoms with Gasteiger partial charge in [0.1, 0.15) is 11.6 Å². The van der Waals surface area contributed by atoms with Gasteiger partial charge in [0.25, 0.3) is 0 Å². The SMILES string of the molecule is CC(C)(C)OC(=O)N[C@@H]1C(=O)N[C@H]1C1CCCCC1. The second-order valence-corrected chi connectivity index (χ2v) is 6.56. The summed E-state index contributed by atoms with van der Waals surface area (Å²) in [6.07, 6.45) is 5.48. The Labute approximate surface area is 114 Å². The third-order valence-corrected chi connectivity index (χ3v) is 3.78. The number of alkyl carbamates (subject to hydrolysis) is 1. The number of hydrogen-bond donors (Lipinski definition) is 2. The van der Waals surface area contributed by atoms with Crippen LogP contribution in [-0.4, -0.2) is 29.7 Å². The van der Waals surface area contributed by atoms with Crippen molar-refractivity contribution < 1.29 is 14.3 Å². The van der Waals surface area contributed by atoms with Crippen LogP contribution in [0.4, 0.5) is 4.79 Å². The summed E-state index contributed by atoms with van der Waals surface area (Å²) >= 11 is 0. The number of β-lactam (4-membered cyclic amide) rings is 1. The summed E-state index contributed by atoms with van der Waals surface area (Å²) in [4.78, 5) is 23.3. The van der Waals surface area contributed by atoms with Gasteiger partial charge in [-0.1, -0.05) is 19.3 Å². The summed E-state index contributed by atoms with van der Waals surface area (Å²) in [6, 6.07) is -0.335. The van der Waals surface area contributed by atoms with Crippen molar-refractivity contribution in [2.75, 3.05) is 0 Å². The van der Waals surface area contributed by atoms with Gasteiger partial charge in [0.05, 0.1) is 6.04 Å². The average molecular weight is 268 g/mol. The lowest BCUT2D eigenvalue weighted by Gasteiger charge is -2.43. The first-order valence-corrected chi connectivity index (χ1v) is 7.17. The zero-order valence-corrected chi connectivity index (χ0v) is 12.0. The summed E-state index contributed by atoms with van der Waals surface area (Å²) in [6.45, 7) is 5.43. The minimum absolute atomic E-state index is 0.0836. The van der Waals surface area contributed by atoms with E-state index >= 15 is 0 Å². The van der Waals surface area contributed by atoms with Gasteiger partial charge >= 0.3 is 6.09 Å². The van der Waals surface area contributed by atoms with Gasteiger partial charge in [-0.3, -0.25) is 4.79 Å². The fourth-order valence-corrected chi connectivity index (χ4v) is 2.88. The summed E-state index contributed by atoms with van der Waals surface area (Å²) < 4.78 is 5.20. The van der Waals surface area contributed by atoms with Gasteiger partial charge in [0, 0.05) is 0 Å². The van der Waals surface area contributed by atoms with E-state index in [1.54, 1.807) is 0 Å². The van der Waals surface area contributed by atoms with Gasteiger partial charge in [-0.2, -0.15) is 0 Å². The third-order valence-electron chi connectivity index (χ3n) is 3.78. The number of hydrogen-bond acceptors (Lipinski definition) is 3. The fraction of sp³-hybridized carbons (Fsp3) is 0.857. The first-order valence-electron chi connectivity index (χ1n) is 7.17. The van der Waals surface area contributed by atoms with Crippen LogP contribution in [0.2, 0.25) is 0 Å². The monoisotopic (exact) mass is 268 g/mol. The highest BCUT2D eigenvalue weighted by Crippen LogP contribution is 2.30. The van der Waals surface area contributed by atoms with Gasteiger partial charge < -0.3 is 15.4 Å². The Morgan fingerprint density at radius 2 is 1.89 bits per heavy atom. The molecule has 1 aliphatic carbocycles. The molecule has 0 radical (unpaired) electrons.